The lowest BCUT2D eigenvalue weighted by molar-refractivity contribution is -0.137. The highest BCUT2D eigenvalue weighted by atomic mass is 19.3. The Bertz CT molecular complexity index is 1040. The van der Waals surface area contributed by atoms with Crippen LogP contribution < -0.4 is 10.6 Å². The number of nitrogens with zero attached hydrogens (tertiary/aromatic N) is 7. The Balaban J connectivity index is 1.79. The summed E-state index contributed by atoms with van der Waals surface area (Å²) in [6.07, 6.45) is -4.08. The highest BCUT2D eigenvalue weighted by molar-refractivity contribution is 5.84. The Morgan fingerprint density at radius 2 is 2.13 bits per heavy atom. The monoisotopic (exact) mass is 425 g/mol. The maximum atomic E-state index is 12.7. The molecular formula is C15H17F2N9O4. The third kappa shape index (κ3) is 3.42. The summed E-state index contributed by atoms with van der Waals surface area (Å²) in [5.74, 6) is -0.625. The van der Waals surface area contributed by atoms with Gasteiger partial charge < -0.3 is 25.6 Å². The van der Waals surface area contributed by atoms with Gasteiger partial charge in [0.15, 0.2) is 29.3 Å². The molecule has 0 unspecified atom stereocenters. The highest BCUT2D eigenvalue weighted by Gasteiger charge is 2.47. The summed E-state index contributed by atoms with van der Waals surface area (Å²) < 4.78 is 33.4. The summed E-state index contributed by atoms with van der Waals surface area (Å²) in [5.41, 5.74) is 0.217. The lowest BCUT2D eigenvalue weighted by atomic mass is 10.1. The first-order chi connectivity index (χ1) is 14.4. The molecule has 13 nitrogen and oxygen atoms in total. The van der Waals surface area contributed by atoms with Crippen molar-refractivity contribution in [2.24, 2.45) is 0 Å². The van der Waals surface area contributed by atoms with E-state index >= 15 is 0 Å². The van der Waals surface area contributed by atoms with Gasteiger partial charge in [0.1, 0.15) is 12.2 Å². The van der Waals surface area contributed by atoms with Gasteiger partial charge in [-0.05, 0) is 0 Å². The number of amides is 1. The number of aromatic nitrogens is 7. The summed E-state index contributed by atoms with van der Waals surface area (Å²) in [7, 11) is 1.36. The van der Waals surface area contributed by atoms with Crippen LogP contribution in [-0.4, -0.2) is 89.0 Å². The van der Waals surface area contributed by atoms with Gasteiger partial charge in [0.05, 0.1) is 25.3 Å². The smallest absolute Gasteiger partial charge is 0.256 e. The quantitative estimate of drug-likeness (QED) is 0.363. The Kier molecular flexibility index (Phi) is 5.23. The molecule has 1 amide bonds. The third-order valence-electron chi connectivity index (χ3n) is 4.48. The zero-order valence-electron chi connectivity index (χ0n) is 15.4. The standard InChI is InChI=1S/C15H17F2N9O4/c1-18-13(29)10-8(27)9(28)14(30-10)25-5-20-7-11(19-4-6(16)17)22-15(23-12(7)25)26-3-2-21-24-26/h2-3,5-6,8-10,14,27-28H,4H2,1H3,(H,18,29)(H,19,22,23)/t8-,9+,10-,14+/m0/s1. The van der Waals surface area contributed by atoms with Crippen LogP contribution in [0.3, 0.4) is 0 Å². The topological polar surface area (TPSA) is 165 Å². The molecule has 0 saturated carbocycles. The Morgan fingerprint density at radius 1 is 1.33 bits per heavy atom. The molecule has 15 heteroatoms. The van der Waals surface area contributed by atoms with E-state index in [1.165, 1.54) is 35.0 Å². The number of rotatable bonds is 6. The molecule has 1 saturated heterocycles. The second kappa shape index (κ2) is 7.85. The van der Waals surface area contributed by atoms with Crippen molar-refractivity contribution >= 4 is 22.9 Å². The second-order valence-corrected chi connectivity index (χ2v) is 6.36. The fraction of sp³-hybridized carbons (Fsp3) is 0.467. The lowest BCUT2D eigenvalue weighted by Gasteiger charge is -2.17. The van der Waals surface area contributed by atoms with Crippen LogP contribution in [0.4, 0.5) is 14.6 Å². The summed E-state index contributed by atoms with van der Waals surface area (Å²) in [6, 6.07) is 0. The molecular weight excluding hydrogens is 408 g/mol. The lowest BCUT2D eigenvalue weighted by Crippen LogP contribution is -2.41. The SMILES string of the molecule is CNC(=O)[C@H]1O[C@@H](n2cnc3c(NCC(F)F)nc(-n4ccnn4)nc32)[C@H](O)[C@@H]1O. The zero-order chi connectivity index (χ0) is 21.4. The van der Waals surface area contributed by atoms with Crippen molar-refractivity contribution in [3.05, 3.63) is 18.7 Å². The van der Waals surface area contributed by atoms with Gasteiger partial charge in [-0.3, -0.25) is 9.36 Å². The van der Waals surface area contributed by atoms with E-state index in [2.05, 4.69) is 35.9 Å². The first kappa shape index (κ1) is 20.0. The van der Waals surface area contributed by atoms with Crippen LogP contribution in [0, 0.1) is 0 Å². The van der Waals surface area contributed by atoms with Gasteiger partial charge in [-0.15, -0.1) is 5.10 Å². The normalized spacial score (nSPS) is 23.9. The maximum absolute atomic E-state index is 12.7. The number of carbonyl (C=O) groups is 1. The van der Waals surface area contributed by atoms with E-state index in [-0.39, 0.29) is 22.9 Å². The molecule has 0 aromatic carbocycles. The van der Waals surface area contributed by atoms with Crippen LogP contribution in [0.15, 0.2) is 18.7 Å². The van der Waals surface area contributed by atoms with Crippen molar-refractivity contribution in [2.45, 2.75) is 31.0 Å². The number of alkyl halides is 2. The number of ether oxygens (including phenoxy) is 1. The van der Waals surface area contributed by atoms with Crippen molar-refractivity contribution in [3.63, 3.8) is 0 Å². The van der Waals surface area contributed by atoms with Crippen molar-refractivity contribution < 1.29 is 28.5 Å². The fourth-order valence-electron chi connectivity index (χ4n) is 3.05. The predicted molar refractivity (Wildman–Crippen MR) is 94.7 cm³/mol. The van der Waals surface area contributed by atoms with E-state index in [1.54, 1.807) is 0 Å². The van der Waals surface area contributed by atoms with Crippen LogP contribution in [0.1, 0.15) is 6.23 Å². The second-order valence-electron chi connectivity index (χ2n) is 6.36. The number of nitrogens with one attached hydrogen (secondary N) is 2. The van der Waals surface area contributed by atoms with Gasteiger partial charge in [-0.25, -0.2) is 13.8 Å². The third-order valence-corrected chi connectivity index (χ3v) is 4.48. The van der Waals surface area contributed by atoms with Gasteiger partial charge in [-0.2, -0.15) is 14.6 Å². The molecule has 1 fully saturated rings. The minimum Gasteiger partial charge on any atom is -0.387 e. The number of halogens is 2. The Hall–Kier alpha value is -3.30. The molecule has 4 rings (SSSR count). The molecule has 3 aromatic rings. The summed E-state index contributed by atoms with van der Waals surface area (Å²) in [5, 5.41) is 32.9. The number of anilines is 1. The molecule has 0 radical (unpaired) electrons. The van der Waals surface area contributed by atoms with Crippen molar-refractivity contribution in [3.8, 4) is 5.95 Å². The van der Waals surface area contributed by atoms with E-state index in [0.717, 1.165) is 0 Å². The zero-order valence-corrected chi connectivity index (χ0v) is 15.4. The molecule has 0 aliphatic carbocycles. The molecule has 4 atom stereocenters. The molecule has 3 aromatic heterocycles. The Labute approximate surface area is 166 Å². The van der Waals surface area contributed by atoms with Gasteiger partial charge in [0.2, 0.25) is 0 Å². The van der Waals surface area contributed by atoms with Gasteiger partial charge in [0, 0.05) is 7.05 Å². The van der Waals surface area contributed by atoms with E-state index < -0.39 is 43.4 Å². The number of imidazole rings is 1. The number of carbonyl (C=O) groups excluding carboxylic acids is 1. The number of aliphatic hydroxyl groups excluding tert-OH is 2. The fourth-order valence-corrected chi connectivity index (χ4v) is 3.05. The minimum atomic E-state index is -2.64. The maximum Gasteiger partial charge on any atom is 0.256 e. The number of hydrogen-bond acceptors (Lipinski definition) is 10. The minimum absolute atomic E-state index is 0.000404. The number of likely N-dealkylation sites (N-methyl/N-ethyl adjacent to an activating group) is 1. The van der Waals surface area contributed by atoms with Crippen LogP contribution in [0.5, 0.6) is 0 Å². The number of aliphatic hydroxyl groups is 2. The largest absolute Gasteiger partial charge is 0.387 e. The summed E-state index contributed by atoms with van der Waals surface area (Å²) in [6.45, 7) is -0.685. The highest BCUT2D eigenvalue weighted by Crippen LogP contribution is 2.32. The molecule has 0 bridgehead atoms. The van der Waals surface area contributed by atoms with Gasteiger partial charge in [0.25, 0.3) is 18.3 Å². The molecule has 1 aliphatic heterocycles. The van der Waals surface area contributed by atoms with Crippen LogP contribution in [-0.2, 0) is 9.53 Å². The molecule has 30 heavy (non-hydrogen) atoms. The first-order valence-corrected chi connectivity index (χ1v) is 8.77. The number of fused-ring (bicyclic) bond motifs is 1. The summed E-state index contributed by atoms with van der Waals surface area (Å²) in [4.78, 5) is 24.5. The molecule has 4 N–H and O–H groups in total. The Morgan fingerprint density at radius 3 is 2.80 bits per heavy atom. The first-order valence-electron chi connectivity index (χ1n) is 8.77. The van der Waals surface area contributed by atoms with E-state index in [9.17, 15) is 23.8 Å². The van der Waals surface area contributed by atoms with Crippen molar-refractivity contribution in [1.29, 1.82) is 0 Å². The van der Waals surface area contributed by atoms with E-state index in [1.807, 2.05) is 0 Å². The van der Waals surface area contributed by atoms with Gasteiger partial charge >= 0.3 is 0 Å². The van der Waals surface area contributed by atoms with Crippen molar-refractivity contribution in [1.82, 2.24) is 39.8 Å². The molecule has 1 aliphatic rings. The predicted octanol–water partition coefficient (Wildman–Crippen LogP) is -1.55. The number of hydrogen-bond donors (Lipinski definition) is 4. The van der Waals surface area contributed by atoms with Crippen LogP contribution >= 0.6 is 0 Å². The van der Waals surface area contributed by atoms with Gasteiger partial charge in [-0.1, -0.05) is 5.21 Å². The van der Waals surface area contributed by atoms with Crippen molar-refractivity contribution in [2.75, 3.05) is 18.9 Å². The molecule has 4 heterocycles. The van der Waals surface area contributed by atoms with E-state index in [4.69, 9.17) is 4.74 Å². The molecule has 160 valence electrons. The average Bonchev–Trinajstić information content (AvgIpc) is 3.46. The van der Waals surface area contributed by atoms with E-state index in [0.29, 0.717) is 0 Å². The van der Waals surface area contributed by atoms with Crippen LogP contribution in [0.2, 0.25) is 0 Å². The average molecular weight is 425 g/mol. The molecule has 0 spiro atoms. The summed E-state index contributed by atoms with van der Waals surface area (Å²) >= 11 is 0. The van der Waals surface area contributed by atoms with Crippen LogP contribution in [0.25, 0.3) is 17.1 Å².